The molecule has 2 aromatic carbocycles. The predicted molar refractivity (Wildman–Crippen MR) is 114 cm³/mol. The number of benzene rings is 2. The molecule has 0 saturated carbocycles. The molecule has 0 radical (unpaired) electrons. The maximum absolute atomic E-state index is 12.9. The molecule has 3 rings (SSSR count). The van der Waals surface area contributed by atoms with E-state index in [-0.39, 0.29) is 23.8 Å². The van der Waals surface area contributed by atoms with Crippen LogP contribution in [0.2, 0.25) is 0 Å². The van der Waals surface area contributed by atoms with Gasteiger partial charge in [-0.1, -0.05) is 50.6 Å². The van der Waals surface area contributed by atoms with Gasteiger partial charge in [-0.15, -0.1) is 0 Å². The van der Waals surface area contributed by atoms with Gasteiger partial charge < -0.3 is 15.4 Å². The first kappa shape index (κ1) is 21.4. The molecule has 0 aromatic heterocycles. The number of nitrogens with one attached hydrogen (secondary N) is 2. The maximum Gasteiger partial charge on any atom is 0.414 e. The highest BCUT2D eigenvalue weighted by Crippen LogP contribution is 2.20. The molecule has 2 unspecified atom stereocenters. The fraction of sp³-hybridized carbons (Fsp3) is 0.348. The number of amides is 3. The third-order valence-corrected chi connectivity index (χ3v) is 5.27. The van der Waals surface area contributed by atoms with Crippen LogP contribution in [0, 0.1) is 5.92 Å². The summed E-state index contributed by atoms with van der Waals surface area (Å²) in [5.41, 5.74) is 2.11. The van der Waals surface area contributed by atoms with E-state index in [1.54, 1.807) is 29.2 Å². The molecule has 0 aliphatic carbocycles. The van der Waals surface area contributed by atoms with Gasteiger partial charge in [0.2, 0.25) is 5.91 Å². The zero-order chi connectivity index (χ0) is 21.5. The lowest BCUT2D eigenvalue weighted by molar-refractivity contribution is -0.124. The smallest absolute Gasteiger partial charge is 0.414 e. The van der Waals surface area contributed by atoms with Crippen LogP contribution in [0.5, 0.6) is 0 Å². The maximum atomic E-state index is 12.9. The van der Waals surface area contributed by atoms with Crippen LogP contribution in [0.3, 0.4) is 0 Å². The topological polar surface area (TPSA) is 87.7 Å². The second kappa shape index (κ2) is 9.91. The van der Waals surface area contributed by atoms with Crippen LogP contribution in [0.25, 0.3) is 0 Å². The number of rotatable bonds is 8. The number of hydrogen-bond donors (Lipinski definition) is 2. The normalized spacial score (nSPS) is 15.3. The Kier molecular flexibility index (Phi) is 7.06. The van der Waals surface area contributed by atoms with Crippen LogP contribution >= 0.6 is 0 Å². The van der Waals surface area contributed by atoms with Crippen molar-refractivity contribution in [3.05, 3.63) is 65.7 Å². The Labute approximate surface area is 176 Å². The van der Waals surface area contributed by atoms with E-state index in [1.165, 1.54) is 0 Å². The molecule has 158 valence electrons. The van der Waals surface area contributed by atoms with Gasteiger partial charge in [0.25, 0.3) is 5.91 Å². The summed E-state index contributed by atoms with van der Waals surface area (Å²) in [5, 5.41) is 5.77. The Morgan fingerprint density at radius 2 is 1.90 bits per heavy atom. The van der Waals surface area contributed by atoms with E-state index < -0.39 is 6.04 Å². The van der Waals surface area contributed by atoms with Gasteiger partial charge in [-0.2, -0.15) is 0 Å². The SMILES string of the molecule is CCC(C)C(NC(=O)c1ccccc1)C(=O)NCc1cccc(N2CCOC2=O)c1. The first-order valence-electron chi connectivity index (χ1n) is 10.2. The first-order valence-corrected chi connectivity index (χ1v) is 10.2. The highest BCUT2D eigenvalue weighted by molar-refractivity contribution is 5.97. The van der Waals surface area contributed by atoms with E-state index in [0.29, 0.717) is 25.3 Å². The van der Waals surface area contributed by atoms with Crippen molar-refractivity contribution in [2.45, 2.75) is 32.9 Å². The van der Waals surface area contributed by atoms with Gasteiger partial charge in [0.05, 0.1) is 6.54 Å². The monoisotopic (exact) mass is 409 g/mol. The molecule has 2 atom stereocenters. The van der Waals surface area contributed by atoms with Crippen LogP contribution in [-0.2, 0) is 16.1 Å². The van der Waals surface area contributed by atoms with Crippen molar-refractivity contribution in [3.8, 4) is 0 Å². The molecule has 1 heterocycles. The van der Waals surface area contributed by atoms with Gasteiger partial charge in [0.1, 0.15) is 12.6 Å². The molecule has 1 saturated heterocycles. The van der Waals surface area contributed by atoms with Crippen molar-refractivity contribution in [3.63, 3.8) is 0 Å². The van der Waals surface area contributed by atoms with Crippen LogP contribution in [0.1, 0.15) is 36.2 Å². The van der Waals surface area contributed by atoms with Gasteiger partial charge in [-0.05, 0) is 35.7 Å². The number of anilines is 1. The van der Waals surface area contributed by atoms with Crippen LogP contribution < -0.4 is 15.5 Å². The average Bonchev–Trinajstić information content (AvgIpc) is 3.21. The van der Waals surface area contributed by atoms with E-state index in [9.17, 15) is 14.4 Å². The lowest BCUT2D eigenvalue weighted by Crippen LogP contribution is -2.50. The summed E-state index contributed by atoms with van der Waals surface area (Å²) < 4.78 is 4.98. The van der Waals surface area contributed by atoms with E-state index in [4.69, 9.17) is 4.74 Å². The summed E-state index contributed by atoms with van der Waals surface area (Å²) in [7, 11) is 0. The van der Waals surface area contributed by atoms with Gasteiger partial charge in [-0.25, -0.2) is 4.79 Å². The summed E-state index contributed by atoms with van der Waals surface area (Å²) in [6.45, 7) is 5.10. The fourth-order valence-electron chi connectivity index (χ4n) is 3.28. The minimum absolute atomic E-state index is 0.0247. The Hall–Kier alpha value is -3.35. The van der Waals surface area contributed by atoms with Gasteiger partial charge in [0, 0.05) is 17.8 Å². The van der Waals surface area contributed by atoms with E-state index >= 15 is 0 Å². The van der Waals surface area contributed by atoms with Crippen LogP contribution in [0.4, 0.5) is 10.5 Å². The average molecular weight is 409 g/mol. The molecule has 1 aliphatic heterocycles. The molecule has 30 heavy (non-hydrogen) atoms. The highest BCUT2D eigenvalue weighted by Gasteiger charge is 2.26. The lowest BCUT2D eigenvalue weighted by Gasteiger charge is -2.24. The minimum atomic E-state index is -0.639. The standard InChI is InChI=1S/C23H27N3O4/c1-3-16(2)20(25-21(27)18-9-5-4-6-10-18)22(28)24-15-17-8-7-11-19(14-17)26-12-13-30-23(26)29/h4-11,14,16,20H,3,12-13,15H2,1-2H3,(H,24,28)(H,25,27). The molecule has 7 nitrogen and oxygen atoms in total. The fourth-order valence-corrected chi connectivity index (χ4v) is 3.28. The summed E-state index contributed by atoms with van der Waals surface area (Å²) in [4.78, 5) is 38.7. The van der Waals surface area contributed by atoms with Gasteiger partial charge >= 0.3 is 6.09 Å². The van der Waals surface area contributed by atoms with Crippen LogP contribution in [0.15, 0.2) is 54.6 Å². The molecule has 7 heteroatoms. The summed E-state index contributed by atoms with van der Waals surface area (Å²) in [6.07, 6.45) is 0.385. The van der Waals surface area contributed by atoms with Gasteiger partial charge in [0.15, 0.2) is 0 Å². The molecular formula is C23H27N3O4. The summed E-state index contributed by atoms with van der Waals surface area (Å²) >= 11 is 0. The van der Waals surface area contributed by atoms with E-state index in [1.807, 2.05) is 44.2 Å². The van der Waals surface area contributed by atoms with Crippen molar-refractivity contribution in [1.29, 1.82) is 0 Å². The van der Waals surface area contributed by atoms with Crippen molar-refractivity contribution < 1.29 is 19.1 Å². The molecule has 0 bridgehead atoms. The molecule has 0 spiro atoms. The van der Waals surface area contributed by atoms with Crippen molar-refractivity contribution in [1.82, 2.24) is 10.6 Å². The second-order valence-electron chi connectivity index (χ2n) is 7.36. The number of ether oxygens (including phenoxy) is 1. The van der Waals surface area contributed by atoms with E-state index in [2.05, 4.69) is 10.6 Å². The molecule has 1 aliphatic rings. The minimum Gasteiger partial charge on any atom is -0.447 e. The number of cyclic esters (lactones) is 1. The Morgan fingerprint density at radius 3 is 2.57 bits per heavy atom. The highest BCUT2D eigenvalue weighted by atomic mass is 16.6. The largest absolute Gasteiger partial charge is 0.447 e. The number of nitrogens with zero attached hydrogens (tertiary/aromatic N) is 1. The molecule has 2 N–H and O–H groups in total. The van der Waals surface area contributed by atoms with Gasteiger partial charge in [-0.3, -0.25) is 14.5 Å². The zero-order valence-electron chi connectivity index (χ0n) is 17.3. The first-order chi connectivity index (χ1) is 14.5. The summed E-state index contributed by atoms with van der Waals surface area (Å²) in [6, 6.07) is 15.6. The lowest BCUT2D eigenvalue weighted by atomic mass is 9.97. The van der Waals surface area contributed by atoms with Crippen molar-refractivity contribution in [2.75, 3.05) is 18.1 Å². The molecular weight excluding hydrogens is 382 g/mol. The Morgan fingerprint density at radius 1 is 1.13 bits per heavy atom. The van der Waals surface area contributed by atoms with E-state index in [0.717, 1.165) is 17.7 Å². The molecule has 2 aromatic rings. The third-order valence-electron chi connectivity index (χ3n) is 5.27. The third kappa shape index (κ3) is 5.17. The zero-order valence-corrected chi connectivity index (χ0v) is 17.3. The predicted octanol–water partition coefficient (Wildman–Crippen LogP) is 3.10. The van der Waals surface area contributed by atoms with Crippen molar-refractivity contribution in [2.24, 2.45) is 5.92 Å². The molecule has 3 amide bonds. The summed E-state index contributed by atoms with van der Waals surface area (Å²) in [5.74, 6) is -0.534. The van der Waals surface area contributed by atoms with Crippen LogP contribution in [-0.4, -0.2) is 37.1 Å². The Balaban J connectivity index is 1.64. The number of carbonyl (C=O) groups is 3. The number of hydrogen-bond acceptors (Lipinski definition) is 4. The second-order valence-corrected chi connectivity index (χ2v) is 7.36. The Bertz CT molecular complexity index is 900. The van der Waals surface area contributed by atoms with Crippen molar-refractivity contribution >= 4 is 23.6 Å². The molecule has 1 fully saturated rings. The number of carbonyl (C=O) groups excluding carboxylic acids is 3. The quantitative estimate of drug-likeness (QED) is 0.701.